The van der Waals surface area contributed by atoms with Gasteiger partial charge in [-0.05, 0) is 57.9 Å². The van der Waals surface area contributed by atoms with Gasteiger partial charge in [-0.25, -0.2) is 0 Å². The molecule has 1 aromatic carbocycles. The van der Waals surface area contributed by atoms with Crippen LogP contribution in [-0.2, 0) is 11.2 Å². The molecular formula is C30H38ClN3O5S. The lowest BCUT2D eigenvalue weighted by atomic mass is 9.81. The summed E-state index contributed by atoms with van der Waals surface area (Å²) in [5.41, 5.74) is 0.550. The smallest absolute Gasteiger partial charge is 0.254 e. The number of pyridine rings is 1. The lowest BCUT2D eigenvalue weighted by molar-refractivity contribution is -0.124. The Balaban J connectivity index is 1.17. The van der Waals surface area contributed by atoms with E-state index in [0.717, 1.165) is 52.0 Å². The number of carbonyl (C=O) groups excluding carboxylic acids is 1. The summed E-state index contributed by atoms with van der Waals surface area (Å²) < 4.78 is 35.7. The molecule has 216 valence electrons. The van der Waals surface area contributed by atoms with E-state index >= 15 is 0 Å². The molecule has 1 aromatic heterocycles. The zero-order valence-corrected chi connectivity index (χ0v) is 25.0. The van der Waals surface area contributed by atoms with Crippen molar-refractivity contribution in [1.82, 2.24) is 15.2 Å². The maximum absolute atomic E-state index is 13.4. The molecular weight excluding hydrogens is 550 g/mol. The standard InChI is InChI=1S/C30H38ClN3O5S/c1-16-9-25(40-4)23(29(36)33-16)11-32-28(35)22-10-24(31)27-26(17(22)2)38-30(3,39-27)20-5-7-21(8-6-20)34-12-18-14-37-15-19(18)13-34/h9-10,18-21H,5-8,11-15H2,1-4H3,(H,32,35)(H,33,36)/t18?,19?,20?,21?,30-/m1/s1/i11D2. The van der Waals surface area contributed by atoms with Crippen LogP contribution in [-0.4, -0.2) is 60.2 Å². The van der Waals surface area contributed by atoms with Crippen molar-refractivity contribution in [2.45, 2.75) is 69.7 Å². The van der Waals surface area contributed by atoms with E-state index in [1.165, 1.54) is 17.8 Å². The first kappa shape index (κ1) is 25.5. The highest BCUT2D eigenvalue weighted by molar-refractivity contribution is 7.98. The number of fused-ring (bicyclic) bond motifs is 2. The SMILES string of the molecule is [2H]C([2H])(NC(=O)c1cc(Cl)c2c(c1C)O[C@@](C)(C1CCC(N3CC4COCC4C3)CC1)O2)c1c(SC)cc(C)[nH]c1=O. The molecule has 10 heteroatoms. The monoisotopic (exact) mass is 589 g/mol. The minimum Gasteiger partial charge on any atom is -0.448 e. The number of likely N-dealkylation sites (tertiary alicyclic amines) is 1. The van der Waals surface area contributed by atoms with Gasteiger partial charge in [0, 0.05) is 77.6 Å². The highest BCUT2D eigenvalue weighted by atomic mass is 35.5. The molecule has 40 heavy (non-hydrogen) atoms. The highest BCUT2D eigenvalue weighted by Crippen LogP contribution is 2.52. The molecule has 1 saturated carbocycles. The first-order valence-electron chi connectivity index (χ1n) is 15.0. The van der Waals surface area contributed by atoms with Crippen LogP contribution in [0.15, 0.2) is 21.8 Å². The van der Waals surface area contributed by atoms with Gasteiger partial charge in [0.15, 0.2) is 11.5 Å². The Morgan fingerprint density at radius 2 is 1.85 bits per heavy atom. The number of aromatic amines is 1. The van der Waals surface area contributed by atoms with Crippen molar-refractivity contribution in [2.24, 2.45) is 17.8 Å². The molecule has 2 unspecified atom stereocenters. The number of rotatable bonds is 6. The van der Waals surface area contributed by atoms with Crippen LogP contribution in [0.25, 0.3) is 0 Å². The lowest BCUT2D eigenvalue weighted by Gasteiger charge is -2.40. The van der Waals surface area contributed by atoms with Gasteiger partial charge in [0.25, 0.3) is 17.3 Å². The number of amides is 1. The molecule has 4 aliphatic rings. The predicted octanol–water partition coefficient (Wildman–Crippen LogP) is 4.92. The minimum absolute atomic E-state index is 0.146. The number of nitrogens with one attached hydrogen (secondary N) is 2. The molecule has 3 fully saturated rings. The van der Waals surface area contributed by atoms with Crippen LogP contribution in [0.1, 0.15) is 62.5 Å². The van der Waals surface area contributed by atoms with Crippen molar-refractivity contribution in [3.05, 3.63) is 49.9 Å². The number of benzene rings is 1. The van der Waals surface area contributed by atoms with Crippen molar-refractivity contribution in [1.29, 1.82) is 0 Å². The second kappa shape index (κ2) is 10.9. The van der Waals surface area contributed by atoms with Gasteiger partial charge in [0.05, 0.1) is 21.0 Å². The average Bonchev–Trinajstić information content (AvgIpc) is 3.64. The number of H-pyrrole nitrogens is 1. The zero-order chi connectivity index (χ0) is 30.0. The molecule has 0 radical (unpaired) electrons. The maximum Gasteiger partial charge on any atom is 0.254 e. The van der Waals surface area contributed by atoms with E-state index in [4.69, 9.17) is 28.6 Å². The number of aromatic nitrogens is 1. The molecule has 2 N–H and O–H groups in total. The molecule has 3 atom stereocenters. The van der Waals surface area contributed by atoms with Crippen LogP contribution in [0.5, 0.6) is 11.5 Å². The summed E-state index contributed by atoms with van der Waals surface area (Å²) in [6.07, 6.45) is 5.84. The Kier molecular flexibility index (Phi) is 6.95. The van der Waals surface area contributed by atoms with Gasteiger partial charge in [0.1, 0.15) is 0 Å². The number of halogens is 1. The highest BCUT2D eigenvalue weighted by Gasteiger charge is 2.49. The third-order valence-corrected chi connectivity index (χ3v) is 10.2. The van der Waals surface area contributed by atoms with Crippen molar-refractivity contribution in [3.8, 4) is 11.5 Å². The number of aryl methyl sites for hydroxylation is 1. The maximum atomic E-state index is 13.4. The quantitative estimate of drug-likeness (QED) is 0.462. The van der Waals surface area contributed by atoms with E-state index in [1.54, 1.807) is 26.2 Å². The van der Waals surface area contributed by atoms with E-state index in [1.807, 2.05) is 6.92 Å². The summed E-state index contributed by atoms with van der Waals surface area (Å²) >= 11 is 7.88. The average molecular weight is 590 g/mol. The van der Waals surface area contributed by atoms with Crippen LogP contribution in [0, 0.1) is 31.6 Å². The van der Waals surface area contributed by atoms with Gasteiger partial charge in [-0.3, -0.25) is 14.5 Å². The van der Waals surface area contributed by atoms with E-state index in [9.17, 15) is 9.59 Å². The van der Waals surface area contributed by atoms with Crippen LogP contribution < -0.4 is 20.3 Å². The van der Waals surface area contributed by atoms with Gasteiger partial charge in [-0.1, -0.05) is 11.6 Å². The summed E-state index contributed by atoms with van der Waals surface area (Å²) in [6.45, 7) is 7.02. The normalized spacial score (nSPS) is 30.6. The molecule has 2 saturated heterocycles. The molecule has 3 aliphatic heterocycles. The van der Waals surface area contributed by atoms with Crippen molar-refractivity contribution in [3.63, 3.8) is 0 Å². The first-order valence-corrected chi connectivity index (χ1v) is 15.6. The van der Waals surface area contributed by atoms with E-state index in [2.05, 4.69) is 15.2 Å². The molecule has 1 aliphatic carbocycles. The van der Waals surface area contributed by atoms with Gasteiger partial charge >= 0.3 is 0 Å². The summed E-state index contributed by atoms with van der Waals surface area (Å²) in [6, 6.07) is 3.74. The number of hydrogen-bond donors (Lipinski definition) is 2. The fourth-order valence-corrected chi connectivity index (χ4v) is 7.74. The van der Waals surface area contributed by atoms with Crippen LogP contribution in [0.3, 0.4) is 0 Å². The van der Waals surface area contributed by atoms with Crippen LogP contribution >= 0.6 is 23.4 Å². The molecule has 1 amide bonds. The Morgan fingerprint density at radius 1 is 1.18 bits per heavy atom. The molecule has 0 spiro atoms. The second-order valence-electron chi connectivity index (χ2n) is 11.7. The topological polar surface area (TPSA) is 92.9 Å². The lowest BCUT2D eigenvalue weighted by Crippen LogP contribution is -2.47. The van der Waals surface area contributed by atoms with Gasteiger partial charge in [0.2, 0.25) is 0 Å². The fraction of sp³-hybridized carbons (Fsp3) is 0.600. The van der Waals surface area contributed by atoms with Crippen LogP contribution in [0.2, 0.25) is 5.02 Å². The van der Waals surface area contributed by atoms with E-state index < -0.39 is 23.8 Å². The number of hydrogen-bond acceptors (Lipinski definition) is 7. The number of ether oxygens (including phenoxy) is 3. The Morgan fingerprint density at radius 3 is 2.52 bits per heavy atom. The summed E-state index contributed by atoms with van der Waals surface area (Å²) in [4.78, 5) is 31.9. The molecule has 8 nitrogen and oxygen atoms in total. The molecule has 4 heterocycles. The summed E-state index contributed by atoms with van der Waals surface area (Å²) in [5.74, 6) is 0.706. The van der Waals surface area contributed by atoms with Gasteiger partial charge in [-0.2, -0.15) is 0 Å². The van der Waals surface area contributed by atoms with Crippen LogP contribution in [0.4, 0.5) is 0 Å². The number of nitrogens with zero attached hydrogens (tertiary/aromatic N) is 1. The minimum atomic E-state index is -2.43. The third kappa shape index (κ3) is 5.03. The van der Waals surface area contributed by atoms with Gasteiger partial charge in [-0.15, -0.1) is 11.8 Å². The molecule has 0 bridgehead atoms. The predicted molar refractivity (Wildman–Crippen MR) is 156 cm³/mol. The number of carbonyl (C=O) groups is 1. The van der Waals surface area contributed by atoms with Crippen molar-refractivity contribution in [2.75, 3.05) is 32.6 Å². The number of thioether (sulfide) groups is 1. The third-order valence-electron chi connectivity index (χ3n) is 9.17. The zero-order valence-electron chi connectivity index (χ0n) is 25.4. The molecule has 2 aromatic rings. The Labute approximate surface area is 247 Å². The summed E-state index contributed by atoms with van der Waals surface area (Å²) in [7, 11) is 0. The molecule has 6 rings (SSSR count). The van der Waals surface area contributed by atoms with Crippen molar-refractivity contribution < 1.29 is 21.7 Å². The second-order valence-corrected chi connectivity index (χ2v) is 13.0. The van der Waals surface area contributed by atoms with Gasteiger partial charge < -0.3 is 24.5 Å². The largest absolute Gasteiger partial charge is 0.448 e. The van der Waals surface area contributed by atoms with E-state index in [-0.39, 0.29) is 22.1 Å². The first-order chi connectivity index (χ1) is 19.9. The summed E-state index contributed by atoms with van der Waals surface area (Å²) in [5, 5.41) is 2.63. The van der Waals surface area contributed by atoms with E-state index in [0.29, 0.717) is 45.5 Å². The van der Waals surface area contributed by atoms with Crippen molar-refractivity contribution >= 4 is 29.3 Å². The Bertz CT molecular complexity index is 1450. The Hall–Kier alpha value is -2.20. The fourth-order valence-electron chi connectivity index (χ4n) is 6.86.